The predicted molar refractivity (Wildman–Crippen MR) is 612 cm³/mol. The smallest absolute Gasteiger partial charge is 0.0618 e. The Labute approximate surface area is 835 Å². The summed E-state index contributed by atoms with van der Waals surface area (Å²) < 4.78 is 9.61. The summed E-state index contributed by atoms with van der Waals surface area (Å²) >= 11 is 0. The van der Waals surface area contributed by atoms with Gasteiger partial charge in [-0.1, -0.05) is 352 Å². The lowest BCUT2D eigenvalue weighted by molar-refractivity contribution is 1.18. The molecule has 0 N–H and O–H groups in total. The van der Waals surface area contributed by atoms with Crippen LogP contribution >= 0.6 is 0 Å². The molecule has 0 radical (unpaired) electrons. The van der Waals surface area contributed by atoms with Gasteiger partial charge < -0.3 is 37.9 Å². The van der Waals surface area contributed by atoms with Crippen LogP contribution in [0, 0.1) is 0 Å². The highest BCUT2D eigenvalue weighted by Gasteiger charge is 2.26. The zero-order valence-corrected chi connectivity index (χ0v) is 79.0. The summed E-state index contributed by atoms with van der Waals surface area (Å²) in [7, 11) is 0. The summed E-state index contributed by atoms with van der Waals surface area (Å²) in [5.41, 5.74) is 28.1. The van der Waals surface area contributed by atoms with Crippen LogP contribution in [0.4, 0.5) is 68.2 Å². The van der Waals surface area contributed by atoms with E-state index in [1.54, 1.807) is 0 Å². The van der Waals surface area contributed by atoms with Gasteiger partial charge in [-0.25, -0.2) is 0 Å². The second-order valence-corrected chi connectivity index (χ2v) is 36.3. The maximum Gasteiger partial charge on any atom is 0.0618 e. The molecular formula is C136H96N8. The predicted octanol–water partition coefficient (Wildman–Crippen LogP) is 37.6. The van der Waals surface area contributed by atoms with Crippen LogP contribution in [0.15, 0.2) is 582 Å². The zero-order valence-electron chi connectivity index (χ0n) is 79.0. The molecule has 0 aliphatic carbocycles. The summed E-state index contributed by atoms with van der Waals surface area (Å²) in [6, 6.07) is 208. The lowest BCUT2D eigenvalue weighted by Crippen LogP contribution is -2.09. The first-order valence-corrected chi connectivity index (χ1v) is 49.2. The number of rotatable bonds is 16. The average molecular weight is 1840 g/mol. The van der Waals surface area contributed by atoms with Gasteiger partial charge in [-0.05, 0) is 257 Å². The van der Waals surface area contributed by atoms with E-state index in [1.165, 1.54) is 153 Å². The molecule has 0 fully saturated rings. The number of hydrogen-bond acceptors (Lipinski definition) is 4. The van der Waals surface area contributed by atoms with Crippen molar-refractivity contribution in [3.8, 4) is 22.7 Å². The Balaban J connectivity index is 0.000000101. The Morgan fingerprint density at radius 1 is 0.111 bits per heavy atom. The van der Waals surface area contributed by atoms with Crippen LogP contribution in [0.1, 0.15) is 0 Å². The highest BCUT2D eigenvalue weighted by Crippen LogP contribution is 2.48. The Bertz CT molecular complexity index is 9300. The average Bonchev–Trinajstić information content (AvgIpc) is 1.55. The molecule has 0 saturated heterocycles. The van der Waals surface area contributed by atoms with E-state index in [9.17, 15) is 0 Å². The molecule has 0 amide bonds. The van der Waals surface area contributed by atoms with Crippen molar-refractivity contribution < 1.29 is 0 Å². The fraction of sp³-hybridized carbons (Fsp3) is 0. The van der Waals surface area contributed by atoms with Gasteiger partial charge >= 0.3 is 0 Å². The molecule has 24 aromatic carbocycles. The van der Waals surface area contributed by atoms with Crippen LogP contribution in [0.5, 0.6) is 0 Å². The molecule has 680 valence electrons. The number of nitrogens with zero attached hydrogens (tertiary/aromatic N) is 8. The molecule has 0 atom stereocenters. The van der Waals surface area contributed by atoms with Gasteiger partial charge in [0.1, 0.15) is 0 Å². The summed E-state index contributed by atoms with van der Waals surface area (Å²) in [4.78, 5) is 9.29. The van der Waals surface area contributed by atoms with Gasteiger partial charge in [0.25, 0.3) is 0 Å². The van der Waals surface area contributed by atoms with E-state index in [-0.39, 0.29) is 0 Å². The van der Waals surface area contributed by atoms with Gasteiger partial charge in [0.05, 0.1) is 55.5 Å². The number of aromatic nitrogens is 4. The van der Waals surface area contributed by atoms with Gasteiger partial charge in [0, 0.05) is 139 Å². The monoisotopic (exact) mass is 1840 g/mol. The van der Waals surface area contributed by atoms with Crippen LogP contribution in [0.25, 0.3) is 153 Å². The number of anilines is 12. The van der Waals surface area contributed by atoms with Crippen molar-refractivity contribution in [1.29, 1.82) is 0 Å². The van der Waals surface area contributed by atoms with E-state index in [2.05, 4.69) is 620 Å². The van der Waals surface area contributed by atoms with Crippen LogP contribution in [-0.2, 0) is 0 Å². The van der Waals surface area contributed by atoms with Crippen molar-refractivity contribution in [3.05, 3.63) is 582 Å². The maximum absolute atomic E-state index is 2.47. The second-order valence-electron chi connectivity index (χ2n) is 36.3. The molecule has 0 unspecified atom stereocenters. The number of hydrogen-bond donors (Lipinski definition) is 0. The standard InChI is InChI=1S/C38H26N2.2C34H24N2.C30H22N2/c1-3-15-29(16-4-1)39(30-17-5-2-6-18-30)31-23-24-37-35(26-31)34-21-11-12-22-36(34)40(37)38-32-19-9-7-13-27(32)25-28-14-8-10-20-33(28)38;1-3-14-26(15-4-1)35(27-16-5-2-6-17-27)28-22-23-34-31(24-28)30-19-9-10-20-33(30)36(34)32-21-11-13-25-12-7-8-18-29(25)32;1-3-13-27(14-4-1)35(28-15-5-2-6-16-28)30-21-22-34-32(24-30)31-17-9-10-18-33(31)36(34)29-20-19-25-11-7-8-12-26(25)23-29;1-4-12-23(13-5-1)31(24-14-6-2-7-15-24)26-20-21-30-28(22-26)27-18-10-11-19-29(27)32(30)25-16-8-3-9-17-25/h1-26H;2*1-24H;1-22H. The Morgan fingerprint density at radius 2 is 0.354 bits per heavy atom. The molecule has 0 saturated carbocycles. The highest BCUT2D eigenvalue weighted by atomic mass is 15.2. The minimum atomic E-state index is 1.13. The fourth-order valence-corrected chi connectivity index (χ4v) is 21.4. The highest BCUT2D eigenvalue weighted by molar-refractivity contribution is 6.18. The fourth-order valence-electron chi connectivity index (χ4n) is 21.4. The molecule has 0 aliphatic rings. The molecule has 0 spiro atoms. The molecule has 144 heavy (non-hydrogen) atoms. The third-order valence-corrected chi connectivity index (χ3v) is 27.8. The van der Waals surface area contributed by atoms with Gasteiger partial charge in [0.15, 0.2) is 0 Å². The number of benzene rings is 24. The van der Waals surface area contributed by atoms with E-state index >= 15 is 0 Å². The third kappa shape index (κ3) is 16.1. The lowest BCUT2D eigenvalue weighted by atomic mass is 10.0. The number of fused-ring (bicyclic) bond motifs is 16. The molecular weight excluding hydrogens is 1750 g/mol. The van der Waals surface area contributed by atoms with Crippen LogP contribution in [-0.4, -0.2) is 18.3 Å². The van der Waals surface area contributed by atoms with Gasteiger partial charge in [-0.3, -0.25) is 0 Å². The quantitative estimate of drug-likeness (QED) is 0.0903. The minimum Gasteiger partial charge on any atom is -0.310 e. The summed E-state index contributed by atoms with van der Waals surface area (Å²) in [6.07, 6.45) is 0. The van der Waals surface area contributed by atoms with Gasteiger partial charge in [-0.2, -0.15) is 0 Å². The topological polar surface area (TPSA) is 32.7 Å². The van der Waals surface area contributed by atoms with Crippen LogP contribution < -0.4 is 19.6 Å². The van der Waals surface area contributed by atoms with Crippen molar-refractivity contribution in [2.24, 2.45) is 0 Å². The van der Waals surface area contributed by atoms with E-state index in [0.717, 1.165) is 68.2 Å². The largest absolute Gasteiger partial charge is 0.310 e. The van der Waals surface area contributed by atoms with Crippen molar-refractivity contribution in [1.82, 2.24) is 18.3 Å². The Morgan fingerprint density at radius 3 is 0.708 bits per heavy atom. The summed E-state index contributed by atoms with van der Waals surface area (Å²) in [6.45, 7) is 0. The first-order chi connectivity index (χ1) is 71.5. The Hall–Kier alpha value is -19.3. The van der Waals surface area contributed by atoms with Crippen LogP contribution in [0.3, 0.4) is 0 Å². The van der Waals surface area contributed by atoms with E-state index < -0.39 is 0 Å². The zero-order chi connectivity index (χ0) is 95.6. The first-order valence-electron chi connectivity index (χ1n) is 49.2. The minimum absolute atomic E-state index is 1.13. The lowest BCUT2D eigenvalue weighted by Gasteiger charge is -2.25. The number of para-hydroxylation sites is 13. The third-order valence-electron chi connectivity index (χ3n) is 27.8. The second kappa shape index (κ2) is 38.2. The van der Waals surface area contributed by atoms with E-state index in [1.807, 2.05) is 0 Å². The van der Waals surface area contributed by atoms with Crippen molar-refractivity contribution in [2.75, 3.05) is 19.6 Å². The first kappa shape index (κ1) is 86.3. The van der Waals surface area contributed by atoms with Crippen LogP contribution in [0.2, 0.25) is 0 Å². The maximum atomic E-state index is 2.47. The molecule has 0 aliphatic heterocycles. The van der Waals surface area contributed by atoms with Gasteiger partial charge in [0.2, 0.25) is 0 Å². The molecule has 4 aromatic heterocycles. The van der Waals surface area contributed by atoms with Gasteiger partial charge in [-0.15, -0.1) is 0 Å². The van der Waals surface area contributed by atoms with Crippen molar-refractivity contribution >= 4 is 199 Å². The van der Waals surface area contributed by atoms with Crippen molar-refractivity contribution in [2.45, 2.75) is 0 Å². The Kier molecular flexibility index (Phi) is 22.9. The molecule has 28 rings (SSSR count). The molecule has 4 heterocycles. The molecule has 0 bridgehead atoms. The molecule has 8 heteroatoms. The normalized spacial score (nSPS) is 11.3. The molecule has 8 nitrogen and oxygen atoms in total. The van der Waals surface area contributed by atoms with E-state index in [4.69, 9.17) is 0 Å². The summed E-state index contributed by atoms with van der Waals surface area (Å²) in [5, 5.41) is 20.0. The summed E-state index contributed by atoms with van der Waals surface area (Å²) in [5.74, 6) is 0. The van der Waals surface area contributed by atoms with Crippen molar-refractivity contribution in [3.63, 3.8) is 0 Å². The van der Waals surface area contributed by atoms with E-state index in [0.29, 0.717) is 0 Å². The SMILES string of the molecule is c1ccc(N(c2ccccc2)c2ccc3c(c2)c2ccccc2n3-c2c3ccccc3cc3ccccc23)cc1.c1ccc(N(c2ccccc2)c2ccc3c(c2)c2ccccc2n3-c2ccc3ccccc3c2)cc1.c1ccc(N(c2ccccc2)c2ccc3c(c2)c2ccccc2n3-c2cccc3ccccc23)cc1.c1ccc(N(c2ccccc2)c2ccc3c(c2)c2ccccc2n3-c2ccccc2)cc1. The molecule has 28 aromatic rings.